The molecule has 0 saturated carbocycles. The van der Waals surface area contributed by atoms with Crippen LogP contribution in [0.2, 0.25) is 0 Å². The van der Waals surface area contributed by atoms with Crippen molar-refractivity contribution in [3.05, 3.63) is 76.2 Å². The predicted octanol–water partition coefficient (Wildman–Crippen LogP) is 5.09. The first-order valence-electron chi connectivity index (χ1n) is 9.11. The summed E-state index contributed by atoms with van der Waals surface area (Å²) in [5.74, 6) is -0.116. The van der Waals surface area contributed by atoms with Gasteiger partial charge in [-0.3, -0.25) is 9.59 Å². The molecule has 7 heteroatoms. The minimum Gasteiger partial charge on any atom is -0.301 e. The van der Waals surface area contributed by atoms with Crippen LogP contribution in [0.3, 0.4) is 0 Å². The number of rotatable bonds is 6. The van der Waals surface area contributed by atoms with Crippen LogP contribution in [0.5, 0.6) is 0 Å². The Morgan fingerprint density at radius 2 is 1.90 bits per heavy atom. The first-order chi connectivity index (χ1) is 13.9. The van der Waals surface area contributed by atoms with Gasteiger partial charge in [-0.15, -0.1) is 11.3 Å². The molecule has 2 aromatic heterocycles. The summed E-state index contributed by atoms with van der Waals surface area (Å²) in [6.45, 7) is 3.79. The van der Waals surface area contributed by atoms with E-state index >= 15 is 0 Å². The van der Waals surface area contributed by atoms with Gasteiger partial charge in [0.15, 0.2) is 10.9 Å². The number of hydrogen-bond acceptors (Lipinski definition) is 6. The number of amides is 1. The minimum atomic E-state index is -0.676. The molecule has 5 nitrogen and oxygen atoms in total. The Morgan fingerprint density at radius 3 is 2.62 bits per heavy atom. The lowest BCUT2D eigenvalue weighted by atomic mass is 9.84. The molecule has 0 aliphatic rings. The van der Waals surface area contributed by atoms with Crippen LogP contribution < -0.4 is 5.32 Å². The Balaban J connectivity index is 1.52. The zero-order chi connectivity index (χ0) is 20.4. The van der Waals surface area contributed by atoms with Crippen molar-refractivity contribution in [2.24, 2.45) is 0 Å². The van der Waals surface area contributed by atoms with E-state index in [9.17, 15) is 9.59 Å². The van der Waals surface area contributed by atoms with E-state index in [0.717, 1.165) is 21.3 Å². The first-order valence-corrected chi connectivity index (χ1v) is 10.9. The summed E-state index contributed by atoms with van der Waals surface area (Å²) in [4.78, 5) is 33.7. The molecule has 29 heavy (non-hydrogen) atoms. The van der Waals surface area contributed by atoms with Crippen molar-refractivity contribution in [3.8, 4) is 0 Å². The summed E-state index contributed by atoms with van der Waals surface area (Å²) < 4.78 is 0.932. The van der Waals surface area contributed by atoms with Crippen molar-refractivity contribution in [2.45, 2.75) is 25.7 Å². The molecule has 0 atom stereocenters. The maximum absolute atomic E-state index is 12.9. The lowest BCUT2D eigenvalue weighted by Gasteiger charge is -2.23. The van der Waals surface area contributed by atoms with Crippen molar-refractivity contribution in [2.75, 3.05) is 5.32 Å². The predicted molar refractivity (Wildman–Crippen MR) is 118 cm³/mol. The number of aromatic nitrogens is 2. The van der Waals surface area contributed by atoms with E-state index in [1.807, 2.05) is 62.4 Å². The number of fused-ring (bicyclic) bond motifs is 1. The molecule has 4 aromatic rings. The van der Waals surface area contributed by atoms with Crippen molar-refractivity contribution < 1.29 is 9.59 Å². The van der Waals surface area contributed by atoms with Crippen LogP contribution >= 0.6 is 22.7 Å². The topological polar surface area (TPSA) is 72.0 Å². The van der Waals surface area contributed by atoms with Crippen molar-refractivity contribution in [1.82, 2.24) is 9.97 Å². The van der Waals surface area contributed by atoms with Gasteiger partial charge in [0.2, 0.25) is 5.91 Å². The average molecular weight is 422 g/mol. The molecule has 2 heterocycles. The summed E-state index contributed by atoms with van der Waals surface area (Å²) in [7, 11) is 0. The molecule has 0 saturated heterocycles. The van der Waals surface area contributed by atoms with Gasteiger partial charge in [-0.2, -0.15) is 0 Å². The molecule has 0 bridgehead atoms. The highest BCUT2D eigenvalue weighted by Gasteiger charge is 2.30. The van der Waals surface area contributed by atoms with Gasteiger partial charge in [0.05, 0.1) is 21.1 Å². The minimum absolute atomic E-state index is 0.00625. The lowest BCUT2D eigenvalue weighted by Crippen LogP contribution is -2.34. The molecule has 1 amide bonds. The third-order valence-corrected chi connectivity index (χ3v) is 6.34. The van der Waals surface area contributed by atoms with E-state index in [1.54, 1.807) is 10.9 Å². The van der Waals surface area contributed by atoms with Crippen LogP contribution in [0.1, 0.15) is 35.5 Å². The Kier molecular flexibility index (Phi) is 5.25. The zero-order valence-electron chi connectivity index (χ0n) is 16.0. The summed E-state index contributed by atoms with van der Waals surface area (Å²) in [5, 5.41) is 5.26. The average Bonchev–Trinajstić information content (AvgIpc) is 3.38. The second-order valence-electron chi connectivity index (χ2n) is 7.24. The number of ketones is 1. The van der Waals surface area contributed by atoms with Crippen molar-refractivity contribution in [3.63, 3.8) is 0 Å². The number of Topliss-reactive ketones (excluding diaryl/α,β-unsaturated/α-hetero) is 1. The Labute approximate surface area is 176 Å². The summed E-state index contributed by atoms with van der Waals surface area (Å²) in [6, 6.07) is 15.4. The smallest absolute Gasteiger partial charge is 0.236 e. The fraction of sp³-hybridized carbons (Fsp3) is 0.182. The van der Waals surface area contributed by atoms with Gasteiger partial charge in [0, 0.05) is 11.8 Å². The Bertz CT molecular complexity index is 1170. The molecular weight excluding hydrogens is 402 g/mol. The highest BCUT2D eigenvalue weighted by molar-refractivity contribution is 7.22. The van der Waals surface area contributed by atoms with Gasteiger partial charge in [0.1, 0.15) is 5.69 Å². The number of anilines is 1. The monoisotopic (exact) mass is 421 g/mol. The molecule has 0 unspecified atom stereocenters. The number of thiazole rings is 2. The number of hydrogen-bond donors (Lipinski definition) is 1. The number of carbonyl (C=O) groups is 2. The van der Waals surface area contributed by atoms with Crippen LogP contribution in [-0.4, -0.2) is 21.7 Å². The fourth-order valence-corrected chi connectivity index (χ4v) is 4.48. The molecule has 0 fully saturated rings. The van der Waals surface area contributed by atoms with Crippen LogP contribution in [0, 0.1) is 0 Å². The van der Waals surface area contributed by atoms with Crippen LogP contribution in [-0.2, 0) is 16.6 Å². The molecule has 1 N–H and O–H groups in total. The second-order valence-corrected chi connectivity index (χ2v) is 8.99. The van der Waals surface area contributed by atoms with Gasteiger partial charge >= 0.3 is 0 Å². The number of benzene rings is 2. The standard InChI is InChI=1S/C22H19N3O2S2/c1-22(2,15-6-4-3-5-7-15)20(27)25-21-24-16-9-8-14(11-19(16)29-21)10-18(26)17-12-28-13-23-17/h3-9,11-13H,10H2,1-2H3,(H,24,25,27). The van der Waals surface area contributed by atoms with Gasteiger partial charge in [-0.25, -0.2) is 9.97 Å². The molecular formula is C22H19N3O2S2. The third-order valence-electron chi connectivity index (χ3n) is 4.82. The largest absolute Gasteiger partial charge is 0.301 e. The zero-order valence-corrected chi connectivity index (χ0v) is 17.6. The van der Waals surface area contributed by atoms with Crippen LogP contribution in [0.4, 0.5) is 5.13 Å². The van der Waals surface area contributed by atoms with E-state index < -0.39 is 5.41 Å². The molecule has 2 aromatic carbocycles. The number of nitrogens with zero attached hydrogens (tertiary/aromatic N) is 2. The quantitative estimate of drug-likeness (QED) is 0.440. The van der Waals surface area contributed by atoms with Gasteiger partial charge in [0.25, 0.3) is 0 Å². The molecule has 0 aliphatic heterocycles. The first kappa shape index (κ1) is 19.4. The Morgan fingerprint density at radius 1 is 1.10 bits per heavy atom. The summed E-state index contributed by atoms with van der Waals surface area (Å²) in [5.41, 5.74) is 4.13. The number of nitrogens with one attached hydrogen (secondary N) is 1. The SMILES string of the molecule is CC(C)(C(=O)Nc1nc2ccc(CC(=O)c3cscn3)cc2s1)c1ccccc1. The van der Waals surface area contributed by atoms with E-state index in [4.69, 9.17) is 0 Å². The summed E-state index contributed by atoms with van der Waals surface area (Å²) in [6.07, 6.45) is 0.292. The van der Waals surface area contributed by atoms with Crippen molar-refractivity contribution >= 4 is 49.7 Å². The fourth-order valence-electron chi connectivity index (χ4n) is 3.00. The molecule has 0 spiro atoms. The normalized spacial score (nSPS) is 11.5. The van der Waals surface area contributed by atoms with E-state index in [0.29, 0.717) is 17.2 Å². The molecule has 0 aliphatic carbocycles. The summed E-state index contributed by atoms with van der Waals surface area (Å²) >= 11 is 2.82. The maximum Gasteiger partial charge on any atom is 0.236 e. The second kappa shape index (κ2) is 7.85. The van der Waals surface area contributed by atoms with Crippen molar-refractivity contribution in [1.29, 1.82) is 0 Å². The van der Waals surface area contributed by atoms with Gasteiger partial charge in [-0.05, 0) is 37.1 Å². The highest BCUT2D eigenvalue weighted by Crippen LogP contribution is 2.30. The van der Waals surface area contributed by atoms with Gasteiger partial charge in [-0.1, -0.05) is 47.7 Å². The molecule has 0 radical (unpaired) electrons. The van der Waals surface area contributed by atoms with Crippen LogP contribution in [0.15, 0.2) is 59.4 Å². The van der Waals surface area contributed by atoms with Gasteiger partial charge < -0.3 is 5.32 Å². The highest BCUT2D eigenvalue weighted by atomic mass is 32.1. The maximum atomic E-state index is 12.9. The van der Waals surface area contributed by atoms with Crippen LogP contribution in [0.25, 0.3) is 10.2 Å². The molecule has 146 valence electrons. The Hall–Kier alpha value is -2.90. The number of carbonyl (C=O) groups excluding carboxylic acids is 2. The van der Waals surface area contributed by atoms with E-state index in [1.165, 1.54) is 22.7 Å². The van der Waals surface area contributed by atoms with E-state index in [2.05, 4.69) is 15.3 Å². The molecule has 4 rings (SSSR count). The third kappa shape index (κ3) is 4.11. The van der Waals surface area contributed by atoms with E-state index in [-0.39, 0.29) is 11.7 Å². The lowest BCUT2D eigenvalue weighted by molar-refractivity contribution is -0.120.